The summed E-state index contributed by atoms with van der Waals surface area (Å²) in [4.78, 5) is 68.2. The quantitative estimate of drug-likeness (QED) is 0.0186. The minimum absolute atomic E-state index is 0. The van der Waals surface area contributed by atoms with Gasteiger partial charge in [-0.1, -0.05) is 159 Å². The van der Waals surface area contributed by atoms with Crippen molar-refractivity contribution in [2.45, 2.75) is 133 Å². The Balaban J connectivity index is 0.000000274. The topological polar surface area (TPSA) is 285 Å². The summed E-state index contributed by atoms with van der Waals surface area (Å²) >= 11 is 11.4. The maximum Gasteiger partial charge on any atom is 0.419 e. The first-order valence-corrected chi connectivity index (χ1v) is 45.4. The molecule has 0 radical (unpaired) electrons. The molecule has 0 spiro atoms. The van der Waals surface area contributed by atoms with E-state index in [1.165, 1.54) is 109 Å². The average Bonchev–Trinajstić information content (AvgIpc) is 0.827. The Labute approximate surface area is 875 Å². The normalized spacial score (nSPS) is 11.0. The van der Waals surface area contributed by atoms with Crippen molar-refractivity contribution in [1.29, 1.82) is 0 Å². The SMILES string of the molecule is C.COC(=O)Nc1cccc(Br)c1COc1ccc(C)cc1C(F)(F)F.COC(=O)Nc1cccc(C)c1COc1ccc(C)cc1C(F)(F)F.COC(=O)Nc1cccc(Cl)c1COc1ccc(C)cc1C(F)(F)F.COC(=O)Nc1cccc(F)c1COc1ccc(C)cc1C(F)(F)F.COC(=O)Nc1cccc(I)c1COc1ccc(C)cc1C(F)(F)F.COC(=O)Nc1ccccc1COc1ccc(C)cc1C(F)(F)F. The summed E-state index contributed by atoms with van der Waals surface area (Å²) < 4.78 is 311. The molecule has 0 fully saturated rings. The van der Waals surface area contributed by atoms with Crippen LogP contribution in [-0.4, -0.2) is 79.2 Å². The number of hydrogen-bond acceptors (Lipinski definition) is 18. The van der Waals surface area contributed by atoms with Crippen molar-refractivity contribution in [3.63, 3.8) is 0 Å². The molecule has 0 bridgehead atoms. The second kappa shape index (κ2) is 56.6. The van der Waals surface area contributed by atoms with Gasteiger partial charge < -0.3 is 56.8 Å². The molecule has 12 aromatic carbocycles. The van der Waals surface area contributed by atoms with Crippen molar-refractivity contribution >= 4 is 121 Å². The molecule has 150 heavy (non-hydrogen) atoms. The fraction of sp³-hybridized carbons (Fsp3) is 0.250. The van der Waals surface area contributed by atoms with E-state index in [0.29, 0.717) is 94.1 Å². The highest BCUT2D eigenvalue weighted by Gasteiger charge is 2.40. The molecule has 24 nitrogen and oxygen atoms in total. The predicted octanol–water partition coefficient (Wildman–Crippen LogP) is 31.7. The third-order valence-corrected chi connectivity index (χ3v) is 22.4. The van der Waals surface area contributed by atoms with Gasteiger partial charge in [-0.25, -0.2) is 33.2 Å². The van der Waals surface area contributed by atoms with Crippen molar-refractivity contribution < 1.29 is 169 Å². The third kappa shape index (κ3) is 38.4. The Kier molecular flexibility index (Phi) is 46.7. The van der Waals surface area contributed by atoms with Gasteiger partial charge in [0.1, 0.15) is 80.0 Å². The Morgan fingerprint density at radius 3 is 0.840 bits per heavy atom. The van der Waals surface area contributed by atoms with Gasteiger partial charge in [0.15, 0.2) is 0 Å². The monoisotopic (exact) mass is 2320 g/mol. The first-order valence-electron chi connectivity index (χ1n) is 43.1. The standard InChI is InChI=1S/C18H18F3NO3.C17H15BrF3NO3.C17H15ClF3NO3.C17H15F4NO3.C17H15F3INO3.C17H16F3NO3.CH4/c1-11-7-8-16(14(9-11)18(19,20)21)25-10-13-12(2)5-4-6-15(13)22-17(23)24-3;3*1-10-6-7-15(12(8-10)17(19,20)21)25-9-11-13(18)4-3-5-14(11)22-16(23)24-2;1-10-6-7-15(12(8-10)17(18,19)20)25-9-11-13(21)4-3-5-14(11)22-16(23)24-2;1-11-7-8-15(13(9-11)17(18,19)20)24-10-12-5-3-4-6-14(12)21-16(22)23-2;/h4-9H,10H2,1-3H3,(H,22,23);4*3-8H,9H2,1-2H3,(H,22,23);3-9H,10H2,1-2H3,(H,21,22);1H4. The number of para-hydroxylation sites is 1. The van der Waals surface area contributed by atoms with Crippen LogP contribution in [0.3, 0.4) is 0 Å². The molecule has 806 valence electrons. The first-order chi connectivity index (χ1) is 69.9. The Bertz CT molecular complexity index is 5880. The van der Waals surface area contributed by atoms with Crippen LogP contribution >= 0.6 is 50.1 Å². The van der Waals surface area contributed by atoms with Crippen LogP contribution in [0.2, 0.25) is 5.02 Å². The Morgan fingerprint density at radius 1 is 0.280 bits per heavy atom. The van der Waals surface area contributed by atoms with Crippen LogP contribution in [0.25, 0.3) is 0 Å². The molecule has 6 amide bonds. The second-order valence-electron chi connectivity index (χ2n) is 31.2. The van der Waals surface area contributed by atoms with Gasteiger partial charge in [0.2, 0.25) is 0 Å². The van der Waals surface area contributed by atoms with E-state index in [2.05, 4.69) is 76.3 Å². The highest BCUT2D eigenvalue weighted by molar-refractivity contribution is 14.1. The van der Waals surface area contributed by atoms with Crippen LogP contribution < -0.4 is 60.3 Å². The molecule has 0 saturated carbocycles. The molecule has 0 aromatic heterocycles. The molecule has 0 heterocycles. The number of carbonyl (C=O) groups is 6. The van der Waals surface area contributed by atoms with Crippen LogP contribution in [0, 0.1) is 57.9 Å². The van der Waals surface area contributed by atoms with Gasteiger partial charge >= 0.3 is 73.6 Å². The van der Waals surface area contributed by atoms with E-state index in [1.807, 2.05) is 22.6 Å². The van der Waals surface area contributed by atoms with Gasteiger partial charge in [0, 0.05) is 46.4 Å². The van der Waals surface area contributed by atoms with E-state index in [1.54, 1.807) is 157 Å². The number of aryl methyl sites for hydroxylation is 7. The van der Waals surface area contributed by atoms with E-state index in [0.717, 1.165) is 58.7 Å². The lowest BCUT2D eigenvalue weighted by Crippen LogP contribution is -2.15. The lowest BCUT2D eigenvalue weighted by atomic mass is 10.1. The number of halogens is 22. The highest BCUT2D eigenvalue weighted by atomic mass is 127. The van der Waals surface area contributed by atoms with Gasteiger partial charge in [0.05, 0.1) is 110 Å². The number of nitrogens with one attached hydrogen (secondary N) is 6. The van der Waals surface area contributed by atoms with Crippen molar-refractivity contribution in [3.05, 3.63) is 349 Å². The number of rotatable bonds is 24. The lowest BCUT2D eigenvalue weighted by Gasteiger charge is -2.17. The maximum absolute atomic E-state index is 14.0. The molecule has 12 rings (SSSR count). The molecule has 46 heteroatoms. The smallest absolute Gasteiger partial charge is 0.419 e. The van der Waals surface area contributed by atoms with E-state index in [9.17, 15) is 112 Å². The molecule has 12 aromatic rings. The van der Waals surface area contributed by atoms with E-state index in [-0.39, 0.29) is 85.5 Å². The molecule has 0 aliphatic carbocycles. The summed E-state index contributed by atoms with van der Waals surface area (Å²) in [5.74, 6) is -2.53. The summed E-state index contributed by atoms with van der Waals surface area (Å²) in [6.07, 6.45) is -31.5. The molecule has 0 saturated heterocycles. The van der Waals surface area contributed by atoms with Gasteiger partial charge in [-0.3, -0.25) is 31.9 Å². The first kappa shape index (κ1) is 124. The molecular formula is C104H98BrClF19IN6O18. The molecule has 0 aliphatic heterocycles. The number of amides is 6. The average molecular weight is 2320 g/mol. The third-order valence-electron chi connectivity index (χ3n) is 20.3. The number of benzene rings is 12. The molecule has 0 aliphatic rings. The highest BCUT2D eigenvalue weighted by Crippen LogP contribution is 2.45. The number of ether oxygens (including phenoxy) is 12. The number of anilines is 6. The van der Waals surface area contributed by atoms with Crippen LogP contribution in [0.15, 0.2) is 229 Å². The number of carbonyl (C=O) groups excluding carboxylic acids is 6. The Hall–Kier alpha value is -14.8. The minimum atomic E-state index is -4.61. The maximum atomic E-state index is 14.0. The number of alkyl halides is 18. The summed E-state index contributed by atoms with van der Waals surface area (Å²) in [6, 6.07) is 53.2. The largest absolute Gasteiger partial charge is 0.488 e. The van der Waals surface area contributed by atoms with Crippen LogP contribution in [0.5, 0.6) is 34.5 Å². The number of methoxy groups -OCH3 is 6. The van der Waals surface area contributed by atoms with Crippen molar-refractivity contribution in [3.8, 4) is 34.5 Å². The summed E-state index contributed by atoms with van der Waals surface area (Å²) in [7, 11) is 7.21. The summed E-state index contributed by atoms with van der Waals surface area (Å²) in [5.41, 5.74) is 2.78. The second-order valence-corrected chi connectivity index (χ2v) is 33.7. The van der Waals surface area contributed by atoms with Crippen LogP contribution in [0.1, 0.15) is 113 Å². The predicted molar refractivity (Wildman–Crippen MR) is 535 cm³/mol. The molecule has 0 unspecified atom stereocenters. The fourth-order valence-electron chi connectivity index (χ4n) is 12.9. The zero-order chi connectivity index (χ0) is 111. The van der Waals surface area contributed by atoms with Gasteiger partial charge in [-0.2, -0.15) is 79.0 Å². The lowest BCUT2D eigenvalue weighted by molar-refractivity contribution is -0.139. The van der Waals surface area contributed by atoms with Crippen molar-refractivity contribution in [2.24, 2.45) is 0 Å². The van der Waals surface area contributed by atoms with Gasteiger partial charge in [-0.05, 0) is 210 Å². The molecule has 0 atom stereocenters. The Morgan fingerprint density at radius 2 is 0.513 bits per heavy atom. The number of hydrogen-bond donors (Lipinski definition) is 6. The van der Waals surface area contributed by atoms with E-state index in [4.69, 9.17) is 40.0 Å². The van der Waals surface area contributed by atoms with Gasteiger partial charge in [0.25, 0.3) is 0 Å². The van der Waals surface area contributed by atoms with Crippen molar-refractivity contribution in [2.75, 3.05) is 74.6 Å². The zero-order valence-electron chi connectivity index (χ0n) is 80.8. The van der Waals surface area contributed by atoms with Crippen LogP contribution in [0.4, 0.5) is 146 Å². The summed E-state index contributed by atoms with van der Waals surface area (Å²) in [6.45, 7) is 9.85. The molecule has 6 N–H and O–H groups in total. The van der Waals surface area contributed by atoms with Crippen LogP contribution in [-0.2, 0) is 105 Å². The van der Waals surface area contributed by atoms with Gasteiger partial charge in [-0.15, -0.1) is 0 Å². The van der Waals surface area contributed by atoms with E-state index < -0.39 is 125 Å². The van der Waals surface area contributed by atoms with Crippen molar-refractivity contribution in [1.82, 2.24) is 0 Å². The zero-order valence-corrected chi connectivity index (χ0v) is 85.3. The molecular weight excluding hydrogens is 2220 g/mol. The minimum Gasteiger partial charge on any atom is -0.488 e. The van der Waals surface area contributed by atoms with E-state index >= 15 is 0 Å². The fourth-order valence-corrected chi connectivity index (χ4v) is 14.3. The summed E-state index contributed by atoms with van der Waals surface area (Å²) in [5, 5.41) is 15.0.